The number of aromatic nitrogens is 1. The number of hydrogen-bond donors (Lipinski definition) is 0. The Kier molecular flexibility index (Phi) is 1.93. The molecule has 0 spiro atoms. The van der Waals surface area contributed by atoms with Crippen LogP contribution in [0.4, 0.5) is 4.39 Å². The van der Waals surface area contributed by atoms with Crippen LogP contribution < -0.4 is 0 Å². The lowest BCUT2D eigenvalue weighted by atomic mass is 10.1. The Morgan fingerprint density at radius 2 is 2.08 bits per heavy atom. The van der Waals surface area contributed by atoms with Crippen LogP contribution in [0.2, 0.25) is 5.02 Å². The molecule has 2 aromatic rings. The van der Waals surface area contributed by atoms with Crippen molar-refractivity contribution in [3.05, 3.63) is 40.8 Å². The summed E-state index contributed by atoms with van der Waals surface area (Å²) in [5.41, 5.74) is 1.28. The maximum atomic E-state index is 13.2. The number of rotatable bonds is 0. The zero-order chi connectivity index (χ0) is 9.42. The average molecular weight is 196 g/mol. The molecule has 0 unspecified atom stereocenters. The van der Waals surface area contributed by atoms with E-state index in [9.17, 15) is 4.39 Å². The molecule has 66 valence electrons. The fourth-order valence-electron chi connectivity index (χ4n) is 1.35. The monoisotopic (exact) mass is 195 g/mol. The number of fused-ring (bicyclic) bond motifs is 1. The molecule has 0 saturated heterocycles. The Morgan fingerprint density at radius 1 is 1.31 bits per heavy atom. The summed E-state index contributed by atoms with van der Waals surface area (Å²) in [5.74, 6) is -0.330. The summed E-state index contributed by atoms with van der Waals surface area (Å²) in [6.45, 7) is 1.88. The molecule has 0 aliphatic heterocycles. The largest absolute Gasteiger partial charge is 0.253 e. The van der Waals surface area contributed by atoms with Gasteiger partial charge in [0.15, 0.2) is 0 Å². The summed E-state index contributed by atoms with van der Waals surface area (Å²) >= 11 is 5.93. The van der Waals surface area contributed by atoms with Gasteiger partial charge in [-0.25, -0.2) is 4.39 Å². The van der Waals surface area contributed by atoms with Crippen molar-refractivity contribution < 1.29 is 4.39 Å². The van der Waals surface area contributed by atoms with Gasteiger partial charge in [0, 0.05) is 11.6 Å². The predicted octanol–water partition coefficient (Wildman–Crippen LogP) is 3.34. The Balaban J connectivity index is 3.00. The van der Waals surface area contributed by atoms with Crippen molar-refractivity contribution in [2.45, 2.75) is 6.92 Å². The lowest BCUT2D eigenvalue weighted by molar-refractivity contribution is 0.636. The molecule has 1 nitrogen and oxygen atoms in total. The molecule has 0 amide bonds. The summed E-state index contributed by atoms with van der Waals surface area (Å²) in [5, 5.41) is 1.24. The van der Waals surface area contributed by atoms with Gasteiger partial charge in [-0.05, 0) is 24.6 Å². The summed E-state index contributed by atoms with van der Waals surface area (Å²) in [6, 6.07) is 4.77. The number of pyridine rings is 1. The molecule has 0 bridgehead atoms. The first-order valence-electron chi connectivity index (χ1n) is 3.89. The molecule has 1 heterocycles. The lowest BCUT2D eigenvalue weighted by Crippen LogP contribution is -1.87. The topological polar surface area (TPSA) is 12.9 Å². The minimum atomic E-state index is -0.330. The lowest BCUT2D eigenvalue weighted by Gasteiger charge is -2.03. The maximum Gasteiger partial charge on any atom is 0.149 e. The first-order valence-corrected chi connectivity index (χ1v) is 4.27. The second-order valence-electron chi connectivity index (χ2n) is 2.88. The van der Waals surface area contributed by atoms with Crippen LogP contribution in [-0.4, -0.2) is 4.98 Å². The van der Waals surface area contributed by atoms with E-state index in [1.165, 1.54) is 12.3 Å². The molecule has 13 heavy (non-hydrogen) atoms. The molecule has 0 saturated carbocycles. The van der Waals surface area contributed by atoms with Crippen LogP contribution in [0.15, 0.2) is 24.4 Å². The number of aryl methyl sites for hydroxylation is 1. The molecule has 2 rings (SSSR count). The Labute approximate surface area is 80.2 Å². The van der Waals surface area contributed by atoms with Crippen molar-refractivity contribution in [1.82, 2.24) is 4.98 Å². The van der Waals surface area contributed by atoms with Gasteiger partial charge in [0.1, 0.15) is 11.3 Å². The van der Waals surface area contributed by atoms with Gasteiger partial charge >= 0.3 is 0 Å². The Hall–Kier alpha value is -1.15. The third kappa shape index (κ3) is 1.27. The molecular formula is C10H7ClFN. The van der Waals surface area contributed by atoms with E-state index in [1.54, 1.807) is 12.1 Å². The predicted molar refractivity (Wildman–Crippen MR) is 51.4 cm³/mol. The molecule has 3 heteroatoms. The minimum Gasteiger partial charge on any atom is -0.253 e. The van der Waals surface area contributed by atoms with Gasteiger partial charge in [0.2, 0.25) is 0 Å². The van der Waals surface area contributed by atoms with Gasteiger partial charge in [0.25, 0.3) is 0 Å². The normalized spacial score (nSPS) is 10.7. The second-order valence-corrected chi connectivity index (χ2v) is 3.29. The highest BCUT2D eigenvalue weighted by atomic mass is 35.5. The number of nitrogens with zero attached hydrogens (tertiary/aromatic N) is 1. The van der Waals surface area contributed by atoms with E-state index in [0.29, 0.717) is 15.9 Å². The molecule has 0 aliphatic carbocycles. The van der Waals surface area contributed by atoms with Crippen LogP contribution in [0.1, 0.15) is 5.56 Å². The maximum absolute atomic E-state index is 13.2. The average Bonchev–Trinajstić information content (AvgIpc) is 2.12. The molecular weight excluding hydrogens is 189 g/mol. The van der Waals surface area contributed by atoms with Crippen LogP contribution in [0.5, 0.6) is 0 Å². The van der Waals surface area contributed by atoms with Crippen LogP contribution in [-0.2, 0) is 0 Å². The van der Waals surface area contributed by atoms with Crippen LogP contribution in [0.25, 0.3) is 10.9 Å². The second kappa shape index (κ2) is 2.96. The third-order valence-electron chi connectivity index (χ3n) is 2.00. The van der Waals surface area contributed by atoms with Gasteiger partial charge in [-0.15, -0.1) is 0 Å². The summed E-state index contributed by atoms with van der Waals surface area (Å²) in [4.78, 5) is 3.94. The SMILES string of the molecule is Cc1ccc(F)c2nccc(Cl)c12. The molecule has 0 atom stereocenters. The molecule has 1 aromatic carbocycles. The van der Waals surface area contributed by atoms with Crippen LogP contribution in [0.3, 0.4) is 0 Å². The Bertz CT molecular complexity index is 459. The molecule has 0 fully saturated rings. The Morgan fingerprint density at radius 3 is 2.77 bits per heavy atom. The van der Waals surface area contributed by atoms with Crippen LogP contribution in [0, 0.1) is 12.7 Å². The molecule has 0 aliphatic rings. The highest BCUT2D eigenvalue weighted by Gasteiger charge is 2.06. The zero-order valence-electron chi connectivity index (χ0n) is 7.01. The number of hydrogen-bond acceptors (Lipinski definition) is 1. The van der Waals surface area contributed by atoms with E-state index in [-0.39, 0.29) is 5.82 Å². The van der Waals surface area contributed by atoms with Gasteiger partial charge < -0.3 is 0 Å². The van der Waals surface area contributed by atoms with Crippen molar-refractivity contribution in [1.29, 1.82) is 0 Å². The first-order chi connectivity index (χ1) is 6.20. The van der Waals surface area contributed by atoms with Gasteiger partial charge in [-0.1, -0.05) is 17.7 Å². The van der Waals surface area contributed by atoms with Crippen molar-refractivity contribution in [2.24, 2.45) is 0 Å². The van der Waals surface area contributed by atoms with Crippen molar-refractivity contribution in [3.63, 3.8) is 0 Å². The van der Waals surface area contributed by atoms with Gasteiger partial charge in [-0.2, -0.15) is 0 Å². The number of halogens is 2. The summed E-state index contributed by atoms with van der Waals surface area (Å²) < 4.78 is 13.2. The van der Waals surface area contributed by atoms with Crippen LogP contribution >= 0.6 is 11.6 Å². The quantitative estimate of drug-likeness (QED) is 0.628. The smallest absolute Gasteiger partial charge is 0.149 e. The van der Waals surface area contributed by atoms with E-state index in [1.807, 2.05) is 6.92 Å². The van der Waals surface area contributed by atoms with Gasteiger partial charge in [0.05, 0.1) is 5.02 Å². The van der Waals surface area contributed by atoms with Crippen molar-refractivity contribution in [2.75, 3.05) is 0 Å². The van der Waals surface area contributed by atoms with Gasteiger partial charge in [-0.3, -0.25) is 4.98 Å². The highest BCUT2D eigenvalue weighted by molar-refractivity contribution is 6.35. The van der Waals surface area contributed by atoms with E-state index >= 15 is 0 Å². The first kappa shape index (κ1) is 8.45. The standard InChI is InChI=1S/C10H7ClFN/c1-6-2-3-8(12)10-9(6)7(11)4-5-13-10/h2-5H,1H3. The summed E-state index contributed by atoms with van der Waals surface area (Å²) in [7, 11) is 0. The van der Waals surface area contributed by atoms with Crippen molar-refractivity contribution >= 4 is 22.5 Å². The zero-order valence-corrected chi connectivity index (χ0v) is 7.77. The number of benzene rings is 1. The minimum absolute atomic E-state index is 0.330. The molecule has 1 aromatic heterocycles. The third-order valence-corrected chi connectivity index (χ3v) is 2.32. The highest BCUT2D eigenvalue weighted by Crippen LogP contribution is 2.26. The van der Waals surface area contributed by atoms with E-state index < -0.39 is 0 Å². The molecule has 0 radical (unpaired) electrons. The summed E-state index contributed by atoms with van der Waals surface area (Å²) in [6.07, 6.45) is 1.51. The fourth-order valence-corrected chi connectivity index (χ4v) is 1.65. The van der Waals surface area contributed by atoms with E-state index in [2.05, 4.69) is 4.98 Å². The van der Waals surface area contributed by atoms with Crippen molar-refractivity contribution in [3.8, 4) is 0 Å². The van der Waals surface area contributed by atoms with E-state index in [4.69, 9.17) is 11.6 Å². The fraction of sp³-hybridized carbons (Fsp3) is 0.100. The van der Waals surface area contributed by atoms with E-state index in [0.717, 1.165) is 5.56 Å². The molecule has 0 N–H and O–H groups in total.